The van der Waals surface area contributed by atoms with Crippen molar-refractivity contribution in [2.24, 2.45) is 5.41 Å². The predicted octanol–water partition coefficient (Wildman–Crippen LogP) is 4.37. The third-order valence-electron chi connectivity index (χ3n) is 2.71. The second kappa shape index (κ2) is 7.18. The van der Waals surface area contributed by atoms with E-state index in [0.29, 0.717) is 23.6 Å². The molecule has 0 saturated heterocycles. The summed E-state index contributed by atoms with van der Waals surface area (Å²) in [6, 6.07) is 2.66. The van der Waals surface area contributed by atoms with Gasteiger partial charge in [0.15, 0.2) is 5.05 Å². The standard InChI is InChI=1S/C15H19ClFNO2S/c1-5-20-13(21)7-9-6-12(11(17)8-10(9)16)18-14(19)15(2,3)4/h6,8H,5,7H2,1-4H3,(H,18,19). The SMILES string of the molecule is CCOC(=S)Cc1cc(NC(=O)C(C)(C)C)c(F)cc1Cl. The van der Waals surface area contributed by atoms with Crippen LogP contribution in [0.3, 0.4) is 0 Å². The quantitative estimate of drug-likeness (QED) is 0.832. The van der Waals surface area contributed by atoms with E-state index in [1.807, 2.05) is 6.92 Å². The van der Waals surface area contributed by atoms with Crippen LogP contribution >= 0.6 is 23.8 Å². The summed E-state index contributed by atoms with van der Waals surface area (Å²) >= 11 is 11.1. The third kappa shape index (κ3) is 5.25. The van der Waals surface area contributed by atoms with E-state index < -0.39 is 11.2 Å². The second-order valence-corrected chi connectivity index (χ2v) is 6.47. The number of hydrogen-bond acceptors (Lipinski definition) is 3. The van der Waals surface area contributed by atoms with Gasteiger partial charge in [-0.1, -0.05) is 32.4 Å². The molecule has 21 heavy (non-hydrogen) atoms. The Morgan fingerprint density at radius 2 is 2.05 bits per heavy atom. The van der Waals surface area contributed by atoms with Gasteiger partial charge >= 0.3 is 0 Å². The van der Waals surface area contributed by atoms with Gasteiger partial charge in [0.25, 0.3) is 0 Å². The van der Waals surface area contributed by atoms with Crippen molar-refractivity contribution in [3.05, 3.63) is 28.5 Å². The van der Waals surface area contributed by atoms with E-state index in [1.165, 1.54) is 12.1 Å². The average molecular weight is 332 g/mol. The maximum absolute atomic E-state index is 13.9. The fourth-order valence-corrected chi connectivity index (χ4v) is 1.99. The Hall–Kier alpha value is -1.20. The van der Waals surface area contributed by atoms with Crippen molar-refractivity contribution >= 4 is 40.5 Å². The Morgan fingerprint density at radius 3 is 2.57 bits per heavy atom. The van der Waals surface area contributed by atoms with E-state index in [2.05, 4.69) is 5.32 Å². The molecule has 0 aliphatic heterocycles. The number of carbonyl (C=O) groups is 1. The monoisotopic (exact) mass is 331 g/mol. The number of carbonyl (C=O) groups excluding carboxylic acids is 1. The summed E-state index contributed by atoms with van der Waals surface area (Å²) in [6.07, 6.45) is 0.292. The van der Waals surface area contributed by atoms with Gasteiger partial charge in [-0.3, -0.25) is 4.79 Å². The summed E-state index contributed by atoms with van der Waals surface area (Å²) in [7, 11) is 0. The topological polar surface area (TPSA) is 38.3 Å². The molecule has 1 aromatic rings. The highest BCUT2D eigenvalue weighted by atomic mass is 35.5. The van der Waals surface area contributed by atoms with Crippen LogP contribution in [0.4, 0.5) is 10.1 Å². The number of anilines is 1. The molecule has 1 N–H and O–H groups in total. The lowest BCUT2D eigenvalue weighted by atomic mass is 9.95. The molecular formula is C15H19ClFNO2S. The minimum atomic E-state index is -0.618. The van der Waals surface area contributed by atoms with Crippen LogP contribution in [0.1, 0.15) is 33.3 Å². The number of thiocarbonyl (C=S) groups is 1. The van der Waals surface area contributed by atoms with Crippen molar-refractivity contribution in [2.75, 3.05) is 11.9 Å². The van der Waals surface area contributed by atoms with Crippen molar-refractivity contribution in [3.8, 4) is 0 Å². The highest BCUT2D eigenvalue weighted by Crippen LogP contribution is 2.27. The van der Waals surface area contributed by atoms with E-state index in [0.717, 1.165) is 0 Å². The molecule has 0 spiro atoms. The van der Waals surface area contributed by atoms with Gasteiger partial charge < -0.3 is 10.1 Å². The second-order valence-electron chi connectivity index (χ2n) is 5.61. The Balaban J connectivity index is 3.01. The smallest absolute Gasteiger partial charge is 0.229 e. The number of benzene rings is 1. The summed E-state index contributed by atoms with van der Waals surface area (Å²) in [6.45, 7) is 7.54. The third-order valence-corrected chi connectivity index (χ3v) is 3.32. The average Bonchev–Trinajstić information content (AvgIpc) is 2.34. The van der Waals surface area contributed by atoms with Crippen LogP contribution < -0.4 is 5.32 Å². The van der Waals surface area contributed by atoms with Crippen LogP contribution in [0, 0.1) is 11.2 Å². The first-order valence-electron chi connectivity index (χ1n) is 6.60. The van der Waals surface area contributed by atoms with E-state index in [9.17, 15) is 9.18 Å². The van der Waals surface area contributed by atoms with Crippen molar-refractivity contribution in [1.82, 2.24) is 0 Å². The van der Waals surface area contributed by atoms with Crippen LogP contribution in [0.2, 0.25) is 5.02 Å². The molecule has 0 aliphatic rings. The molecule has 0 saturated carbocycles. The van der Waals surface area contributed by atoms with Gasteiger partial charge in [0.05, 0.1) is 12.3 Å². The molecule has 0 radical (unpaired) electrons. The largest absolute Gasteiger partial charge is 0.487 e. The number of nitrogens with one attached hydrogen (secondary N) is 1. The number of halogens is 2. The van der Waals surface area contributed by atoms with Gasteiger partial charge in [0, 0.05) is 16.9 Å². The molecule has 1 rings (SSSR count). The van der Waals surface area contributed by atoms with Crippen molar-refractivity contribution < 1.29 is 13.9 Å². The lowest BCUT2D eigenvalue weighted by Crippen LogP contribution is -2.28. The summed E-state index contributed by atoms with van der Waals surface area (Å²) in [5.41, 5.74) is 0.0849. The molecule has 0 heterocycles. The molecule has 6 heteroatoms. The maximum Gasteiger partial charge on any atom is 0.229 e. The van der Waals surface area contributed by atoms with E-state index in [1.54, 1.807) is 20.8 Å². The number of rotatable bonds is 4. The van der Waals surface area contributed by atoms with Gasteiger partial charge in [0.1, 0.15) is 5.82 Å². The zero-order valence-electron chi connectivity index (χ0n) is 12.5. The first kappa shape index (κ1) is 17.9. The molecule has 116 valence electrons. The lowest BCUT2D eigenvalue weighted by Gasteiger charge is -2.18. The number of hydrogen-bond donors (Lipinski definition) is 1. The molecule has 1 amide bonds. The maximum atomic E-state index is 13.9. The van der Waals surface area contributed by atoms with E-state index >= 15 is 0 Å². The molecule has 3 nitrogen and oxygen atoms in total. The highest BCUT2D eigenvalue weighted by Gasteiger charge is 2.23. The molecular weight excluding hydrogens is 313 g/mol. The number of amides is 1. The van der Waals surface area contributed by atoms with Gasteiger partial charge in [-0.05, 0) is 36.8 Å². The van der Waals surface area contributed by atoms with Crippen molar-refractivity contribution in [3.63, 3.8) is 0 Å². The van der Waals surface area contributed by atoms with Crippen molar-refractivity contribution in [2.45, 2.75) is 34.1 Å². The first-order chi connectivity index (χ1) is 9.65. The summed E-state index contributed by atoms with van der Waals surface area (Å²) < 4.78 is 19.1. The van der Waals surface area contributed by atoms with Gasteiger partial charge in [0.2, 0.25) is 5.91 Å². The fourth-order valence-electron chi connectivity index (χ4n) is 1.50. The van der Waals surface area contributed by atoms with Crippen LogP contribution in [0.25, 0.3) is 0 Å². The van der Waals surface area contributed by atoms with Gasteiger partial charge in [-0.2, -0.15) is 0 Å². The first-order valence-corrected chi connectivity index (χ1v) is 7.38. The zero-order chi connectivity index (χ0) is 16.2. The van der Waals surface area contributed by atoms with Crippen molar-refractivity contribution in [1.29, 1.82) is 0 Å². The summed E-state index contributed by atoms with van der Waals surface area (Å²) in [5.74, 6) is -0.856. The molecule has 1 aromatic carbocycles. The Bertz CT molecular complexity index is 555. The Morgan fingerprint density at radius 1 is 1.43 bits per heavy atom. The molecule has 0 atom stereocenters. The molecule has 0 fully saturated rings. The molecule has 0 unspecified atom stereocenters. The summed E-state index contributed by atoms with van der Waals surface area (Å²) in [4.78, 5) is 11.9. The fraction of sp³-hybridized carbons (Fsp3) is 0.467. The van der Waals surface area contributed by atoms with Gasteiger partial charge in [-0.25, -0.2) is 4.39 Å². The van der Waals surface area contributed by atoms with E-state index in [-0.39, 0.29) is 16.6 Å². The van der Waals surface area contributed by atoms with Crippen LogP contribution in [0.5, 0.6) is 0 Å². The van der Waals surface area contributed by atoms with Crippen LogP contribution in [0.15, 0.2) is 12.1 Å². The zero-order valence-corrected chi connectivity index (χ0v) is 14.1. The predicted molar refractivity (Wildman–Crippen MR) is 87.4 cm³/mol. The molecule has 0 aliphatic carbocycles. The Labute approximate surface area is 134 Å². The van der Waals surface area contributed by atoms with E-state index in [4.69, 9.17) is 28.6 Å². The van der Waals surface area contributed by atoms with Crippen LogP contribution in [-0.2, 0) is 16.0 Å². The minimum absolute atomic E-state index is 0.0913. The molecule has 0 aromatic heterocycles. The minimum Gasteiger partial charge on any atom is -0.487 e. The normalized spacial score (nSPS) is 11.1. The Kier molecular flexibility index (Phi) is 6.10. The summed E-state index contributed by atoms with van der Waals surface area (Å²) in [5, 5.41) is 3.19. The molecule has 0 bridgehead atoms. The highest BCUT2D eigenvalue weighted by molar-refractivity contribution is 7.80. The van der Waals surface area contributed by atoms with Crippen LogP contribution in [-0.4, -0.2) is 17.6 Å². The lowest BCUT2D eigenvalue weighted by molar-refractivity contribution is -0.123. The number of ether oxygens (including phenoxy) is 1. The van der Waals surface area contributed by atoms with Gasteiger partial charge in [-0.15, -0.1) is 0 Å².